The summed E-state index contributed by atoms with van der Waals surface area (Å²) in [4.78, 5) is 25.8. The molecule has 1 amide bonds. The molecule has 0 spiro atoms. The number of nitro groups is 1. The molecule has 0 saturated heterocycles. The number of hydrazone groups is 1. The summed E-state index contributed by atoms with van der Waals surface area (Å²) in [7, 11) is 0. The highest BCUT2D eigenvalue weighted by Crippen LogP contribution is 2.30. The van der Waals surface area contributed by atoms with Crippen LogP contribution in [-0.4, -0.2) is 48.4 Å². The number of nitrogen functional groups attached to an aromatic ring is 1. The molecule has 14 heteroatoms. The van der Waals surface area contributed by atoms with Crippen molar-refractivity contribution >= 4 is 28.8 Å². The Morgan fingerprint density at radius 2 is 2.08 bits per heavy atom. The van der Waals surface area contributed by atoms with Gasteiger partial charge in [0.2, 0.25) is 11.6 Å². The summed E-state index contributed by atoms with van der Waals surface area (Å²) in [5.74, 6) is -0.515. The number of aromatic nitrogens is 5. The van der Waals surface area contributed by atoms with E-state index in [4.69, 9.17) is 10.4 Å². The molecule has 0 atom stereocenters. The first-order valence-electron chi connectivity index (χ1n) is 10.9. The van der Waals surface area contributed by atoms with E-state index < -0.39 is 10.8 Å². The molecule has 0 aliphatic carbocycles. The molecule has 2 aromatic carbocycles. The van der Waals surface area contributed by atoms with Crippen molar-refractivity contribution in [3.05, 3.63) is 81.2 Å². The van der Waals surface area contributed by atoms with Crippen LogP contribution in [0, 0.1) is 10.1 Å². The largest absolute Gasteiger partial charge is 0.378 e. The Bertz CT molecular complexity index is 1490. The molecular weight excluding hydrogens is 468 g/mol. The van der Waals surface area contributed by atoms with Gasteiger partial charge in [-0.15, -0.1) is 5.10 Å². The minimum atomic E-state index is -0.622. The summed E-state index contributed by atoms with van der Waals surface area (Å²) < 4.78 is 6.03. The number of rotatable bonds is 7. The van der Waals surface area contributed by atoms with Crippen molar-refractivity contribution in [3.63, 3.8) is 0 Å². The van der Waals surface area contributed by atoms with E-state index in [1.807, 2.05) is 18.2 Å². The third-order valence-corrected chi connectivity index (χ3v) is 5.80. The molecule has 2 aromatic heterocycles. The molecule has 5 rings (SSSR count). The van der Waals surface area contributed by atoms with Crippen molar-refractivity contribution in [1.29, 1.82) is 0 Å². The van der Waals surface area contributed by atoms with Gasteiger partial charge in [-0.05, 0) is 35.3 Å². The first-order chi connectivity index (χ1) is 17.4. The van der Waals surface area contributed by atoms with Crippen LogP contribution < -0.4 is 16.1 Å². The highest BCUT2D eigenvalue weighted by Gasteiger charge is 2.28. The molecule has 14 nitrogen and oxygen atoms in total. The summed E-state index contributed by atoms with van der Waals surface area (Å²) in [6.45, 7) is 2.65. The van der Waals surface area contributed by atoms with Crippen LogP contribution in [0.15, 0.2) is 58.3 Å². The molecule has 182 valence electrons. The number of non-ortho nitro benzene ring substituents is 1. The average molecular weight is 488 g/mol. The molecular formula is C22H20N10O4. The molecule has 0 unspecified atom stereocenters. The SMILES string of the molecule is CC(=NNC(=O)c1nnn(-c2nonc2N)c1CN1CCc2ccccc21)c1cccc([N+](=O)[O-])c1. The van der Waals surface area contributed by atoms with Gasteiger partial charge in [-0.1, -0.05) is 35.5 Å². The van der Waals surface area contributed by atoms with Crippen molar-refractivity contribution in [2.24, 2.45) is 5.10 Å². The zero-order valence-corrected chi connectivity index (χ0v) is 19.0. The Morgan fingerprint density at radius 1 is 1.25 bits per heavy atom. The molecule has 3 N–H and O–H groups in total. The van der Waals surface area contributed by atoms with Gasteiger partial charge in [-0.3, -0.25) is 14.9 Å². The number of benzene rings is 2. The minimum absolute atomic E-state index is 0.00512. The van der Waals surface area contributed by atoms with Crippen LogP contribution in [0.25, 0.3) is 5.82 Å². The fourth-order valence-electron chi connectivity index (χ4n) is 3.98. The molecule has 4 aromatic rings. The zero-order valence-electron chi connectivity index (χ0n) is 19.0. The second-order valence-electron chi connectivity index (χ2n) is 8.02. The third kappa shape index (κ3) is 4.22. The van der Waals surface area contributed by atoms with Crippen molar-refractivity contribution in [1.82, 2.24) is 30.7 Å². The lowest BCUT2D eigenvalue weighted by Gasteiger charge is -2.19. The molecule has 3 heterocycles. The van der Waals surface area contributed by atoms with E-state index in [1.165, 1.54) is 22.4 Å². The number of nitro benzene ring substituents is 1. The Morgan fingerprint density at radius 3 is 2.86 bits per heavy atom. The molecule has 0 bridgehead atoms. The Hall–Kier alpha value is -5.14. The lowest BCUT2D eigenvalue weighted by atomic mass is 10.1. The molecule has 0 radical (unpaired) electrons. The van der Waals surface area contributed by atoms with E-state index in [-0.39, 0.29) is 29.6 Å². The minimum Gasteiger partial charge on any atom is -0.378 e. The molecule has 1 aliphatic rings. The average Bonchev–Trinajstić information content (AvgIpc) is 3.61. The molecule has 1 aliphatic heterocycles. The Kier molecular flexibility index (Phi) is 5.82. The summed E-state index contributed by atoms with van der Waals surface area (Å²) in [6, 6.07) is 14.0. The fourth-order valence-corrected chi connectivity index (χ4v) is 3.98. The van der Waals surface area contributed by atoms with Crippen molar-refractivity contribution in [2.45, 2.75) is 19.9 Å². The predicted octanol–water partition coefficient (Wildman–Crippen LogP) is 1.86. The maximum absolute atomic E-state index is 13.1. The van der Waals surface area contributed by atoms with Gasteiger partial charge in [0, 0.05) is 29.9 Å². The highest BCUT2D eigenvalue weighted by molar-refractivity contribution is 6.01. The van der Waals surface area contributed by atoms with Gasteiger partial charge >= 0.3 is 0 Å². The second-order valence-corrected chi connectivity index (χ2v) is 8.02. The Labute approximate surface area is 203 Å². The normalized spacial score (nSPS) is 13.0. The number of carbonyl (C=O) groups is 1. The standard InChI is InChI=1S/C22H20N10O4/c1-13(15-6-4-7-16(11-15)32(34)35)24-26-22(33)19-18(31(29-25-19)21-20(23)27-36-28-21)12-30-10-9-14-5-2-3-8-17(14)30/h2-8,11H,9-10,12H2,1H3,(H2,23,27)(H,26,33). The van der Waals surface area contributed by atoms with Crippen LogP contribution >= 0.6 is 0 Å². The van der Waals surface area contributed by atoms with E-state index in [9.17, 15) is 14.9 Å². The number of hydrogen-bond acceptors (Lipinski definition) is 11. The van der Waals surface area contributed by atoms with E-state index >= 15 is 0 Å². The fraction of sp³-hybridized carbons (Fsp3) is 0.182. The topological polar surface area (TPSA) is 183 Å². The van der Waals surface area contributed by atoms with Crippen molar-refractivity contribution in [3.8, 4) is 5.82 Å². The number of para-hydroxylation sites is 1. The number of hydrogen-bond donors (Lipinski definition) is 2. The van der Waals surface area contributed by atoms with Crippen molar-refractivity contribution in [2.75, 3.05) is 17.2 Å². The van der Waals surface area contributed by atoms with Crippen LogP contribution in [0.2, 0.25) is 0 Å². The van der Waals surface area contributed by atoms with Gasteiger partial charge in [-0.2, -0.15) is 9.78 Å². The number of amides is 1. The number of nitrogens with zero attached hydrogens (tertiary/aromatic N) is 8. The van der Waals surface area contributed by atoms with Crippen LogP contribution in [0.4, 0.5) is 17.2 Å². The maximum Gasteiger partial charge on any atom is 0.293 e. The number of fused-ring (bicyclic) bond motifs is 1. The maximum atomic E-state index is 13.1. The van der Waals surface area contributed by atoms with Gasteiger partial charge in [0.25, 0.3) is 11.6 Å². The summed E-state index contributed by atoms with van der Waals surface area (Å²) >= 11 is 0. The molecule has 0 saturated carbocycles. The van der Waals surface area contributed by atoms with E-state index in [0.29, 0.717) is 17.0 Å². The highest BCUT2D eigenvalue weighted by atomic mass is 16.6. The van der Waals surface area contributed by atoms with Crippen molar-refractivity contribution < 1.29 is 14.3 Å². The molecule has 36 heavy (non-hydrogen) atoms. The number of anilines is 2. The van der Waals surface area contributed by atoms with Crippen LogP contribution in [0.1, 0.15) is 34.2 Å². The quantitative estimate of drug-likeness (QED) is 0.221. The van der Waals surface area contributed by atoms with Crippen LogP contribution in [0.3, 0.4) is 0 Å². The lowest BCUT2D eigenvalue weighted by Crippen LogP contribution is -2.26. The van der Waals surface area contributed by atoms with Gasteiger partial charge in [0.05, 0.1) is 22.9 Å². The van der Waals surface area contributed by atoms with Crippen LogP contribution in [0.5, 0.6) is 0 Å². The first-order valence-corrected chi connectivity index (χ1v) is 10.9. The van der Waals surface area contributed by atoms with Crippen LogP contribution in [-0.2, 0) is 13.0 Å². The number of carbonyl (C=O) groups excluding carboxylic acids is 1. The van der Waals surface area contributed by atoms with E-state index in [1.54, 1.807) is 19.1 Å². The first kappa shape index (κ1) is 22.6. The number of nitrogens with one attached hydrogen (secondary N) is 1. The smallest absolute Gasteiger partial charge is 0.293 e. The molecule has 0 fully saturated rings. The number of nitrogens with two attached hydrogens (primary N) is 1. The summed E-state index contributed by atoms with van der Waals surface area (Å²) in [5.41, 5.74) is 11.8. The second kappa shape index (κ2) is 9.25. The van der Waals surface area contributed by atoms with Gasteiger partial charge in [-0.25, -0.2) is 10.1 Å². The summed E-state index contributed by atoms with van der Waals surface area (Å²) in [5, 5.41) is 30.7. The predicted molar refractivity (Wildman–Crippen MR) is 128 cm³/mol. The Balaban J connectivity index is 1.45. The lowest BCUT2D eigenvalue weighted by molar-refractivity contribution is -0.384. The van der Waals surface area contributed by atoms with E-state index in [0.717, 1.165) is 18.7 Å². The third-order valence-electron chi connectivity index (χ3n) is 5.80. The van der Waals surface area contributed by atoms with E-state index in [2.05, 4.69) is 42.1 Å². The van der Waals surface area contributed by atoms with Gasteiger partial charge in [0.1, 0.15) is 0 Å². The monoisotopic (exact) mass is 488 g/mol. The van der Waals surface area contributed by atoms with Gasteiger partial charge in [0.15, 0.2) is 5.69 Å². The zero-order chi connectivity index (χ0) is 25.2. The summed E-state index contributed by atoms with van der Waals surface area (Å²) in [6.07, 6.45) is 0.861. The van der Waals surface area contributed by atoms with Gasteiger partial charge < -0.3 is 10.6 Å².